The maximum atomic E-state index is 13.0. The lowest BCUT2D eigenvalue weighted by Gasteiger charge is -2.33. The van der Waals surface area contributed by atoms with Gasteiger partial charge in [0.05, 0.1) is 24.8 Å². The minimum atomic E-state index is -0.598. The maximum Gasteiger partial charge on any atom is 0.338 e. The van der Waals surface area contributed by atoms with E-state index in [2.05, 4.69) is 33.7 Å². The molecule has 0 radical (unpaired) electrons. The molecule has 1 unspecified atom stereocenters. The van der Waals surface area contributed by atoms with Crippen LogP contribution < -0.4 is 15.4 Å². The Kier molecular flexibility index (Phi) is 7.65. The van der Waals surface area contributed by atoms with Gasteiger partial charge < -0.3 is 20.1 Å². The Labute approximate surface area is 200 Å². The van der Waals surface area contributed by atoms with Gasteiger partial charge in [0.25, 0.3) is 0 Å². The predicted molar refractivity (Wildman–Crippen MR) is 131 cm³/mol. The number of nitrogens with one attached hydrogen (secondary N) is 2. The van der Waals surface area contributed by atoms with Crippen LogP contribution in [-0.4, -0.2) is 49.7 Å². The fourth-order valence-corrected chi connectivity index (χ4v) is 4.36. The third kappa shape index (κ3) is 5.48. The minimum Gasteiger partial charge on any atom is -0.494 e. The van der Waals surface area contributed by atoms with Gasteiger partial charge in [-0.25, -0.2) is 9.59 Å². The van der Waals surface area contributed by atoms with Gasteiger partial charge in [-0.05, 0) is 49.1 Å². The van der Waals surface area contributed by atoms with Gasteiger partial charge in [-0.2, -0.15) is 0 Å². The lowest BCUT2D eigenvalue weighted by atomic mass is 9.94. The highest BCUT2D eigenvalue weighted by atomic mass is 16.5. The van der Waals surface area contributed by atoms with Crippen LogP contribution in [0, 0.1) is 0 Å². The quantitative estimate of drug-likeness (QED) is 0.580. The first kappa shape index (κ1) is 23.6. The molecule has 0 aliphatic carbocycles. The van der Waals surface area contributed by atoms with E-state index in [0.29, 0.717) is 24.4 Å². The molecule has 0 spiro atoms. The van der Waals surface area contributed by atoms with Crippen LogP contribution in [0.1, 0.15) is 37.4 Å². The molecule has 0 bridgehead atoms. The van der Waals surface area contributed by atoms with Crippen LogP contribution in [0.25, 0.3) is 5.57 Å². The molecule has 0 aromatic heterocycles. The molecule has 0 saturated carbocycles. The molecule has 2 aromatic carbocycles. The molecular weight excluding hydrogens is 430 g/mol. The number of amides is 2. The molecule has 178 valence electrons. The Morgan fingerprint density at radius 2 is 1.82 bits per heavy atom. The van der Waals surface area contributed by atoms with E-state index in [0.717, 1.165) is 30.8 Å². The Morgan fingerprint density at radius 3 is 2.47 bits per heavy atom. The largest absolute Gasteiger partial charge is 0.494 e. The summed E-state index contributed by atoms with van der Waals surface area (Å²) in [6.45, 7) is 6.54. The monoisotopic (exact) mass is 461 g/mol. The lowest BCUT2D eigenvalue weighted by molar-refractivity contribution is -0.139. The average Bonchev–Trinajstić information content (AvgIpc) is 2.85. The van der Waals surface area contributed by atoms with Crippen molar-refractivity contribution in [2.24, 2.45) is 0 Å². The number of benzene rings is 2. The van der Waals surface area contributed by atoms with Gasteiger partial charge in [-0.1, -0.05) is 48.5 Å². The highest BCUT2D eigenvalue weighted by Gasteiger charge is 2.34. The molecule has 7 heteroatoms. The number of carbonyl (C=O) groups excluding carboxylic acids is 2. The summed E-state index contributed by atoms with van der Waals surface area (Å²) in [6.07, 6.45) is 3.12. The fraction of sp³-hybridized carbons (Fsp3) is 0.333. The standard InChI is InChI=1S/C27H31N3O4/c1-3-33-22-12-10-21(11-13-22)25-24(26(31)34-4-2)23(28-27(32)29-25)18-30-16-14-20(15-17-30)19-8-6-5-7-9-19/h5-14,25H,3-4,15-18H2,1-2H3,(H2,28,29,32). The zero-order valence-electron chi connectivity index (χ0n) is 19.7. The normalized spacial score (nSPS) is 18.6. The second-order valence-corrected chi connectivity index (χ2v) is 8.23. The van der Waals surface area contributed by atoms with E-state index in [4.69, 9.17) is 9.47 Å². The highest BCUT2D eigenvalue weighted by molar-refractivity contribution is 5.95. The van der Waals surface area contributed by atoms with Crippen molar-refractivity contribution < 1.29 is 19.1 Å². The van der Waals surface area contributed by atoms with Gasteiger partial charge in [0.2, 0.25) is 0 Å². The Balaban J connectivity index is 1.59. The fourth-order valence-electron chi connectivity index (χ4n) is 4.36. The predicted octanol–water partition coefficient (Wildman–Crippen LogP) is 4.05. The molecule has 2 heterocycles. The SMILES string of the molecule is CCOC(=O)C1=C(CN2CC=C(c3ccccc3)CC2)NC(=O)NC1c1ccc(OCC)cc1. The van der Waals surface area contributed by atoms with Crippen molar-refractivity contribution in [1.82, 2.24) is 15.5 Å². The molecule has 2 aliphatic heterocycles. The van der Waals surface area contributed by atoms with Crippen LogP contribution in [0.5, 0.6) is 5.75 Å². The number of hydrogen-bond acceptors (Lipinski definition) is 5. The number of hydrogen-bond donors (Lipinski definition) is 2. The second-order valence-electron chi connectivity index (χ2n) is 8.23. The molecule has 2 aliphatic rings. The summed E-state index contributed by atoms with van der Waals surface area (Å²) in [5.74, 6) is 0.309. The Bertz CT molecular complexity index is 1080. The number of carbonyl (C=O) groups is 2. The van der Waals surface area contributed by atoms with Gasteiger partial charge in [0.1, 0.15) is 5.75 Å². The smallest absolute Gasteiger partial charge is 0.338 e. The summed E-state index contributed by atoms with van der Waals surface area (Å²) in [7, 11) is 0. The van der Waals surface area contributed by atoms with Crippen LogP contribution in [-0.2, 0) is 9.53 Å². The molecular formula is C27H31N3O4. The zero-order chi connectivity index (χ0) is 23.9. The molecule has 4 rings (SSSR count). The summed E-state index contributed by atoms with van der Waals surface area (Å²) >= 11 is 0. The number of rotatable bonds is 8. The average molecular weight is 462 g/mol. The van der Waals surface area contributed by atoms with Crippen molar-refractivity contribution in [1.29, 1.82) is 0 Å². The second kappa shape index (κ2) is 11.0. The topological polar surface area (TPSA) is 79.9 Å². The van der Waals surface area contributed by atoms with E-state index in [-0.39, 0.29) is 12.6 Å². The molecule has 34 heavy (non-hydrogen) atoms. The van der Waals surface area contributed by atoms with Gasteiger partial charge in [0, 0.05) is 25.3 Å². The first-order valence-corrected chi connectivity index (χ1v) is 11.8. The van der Waals surface area contributed by atoms with E-state index >= 15 is 0 Å². The summed E-state index contributed by atoms with van der Waals surface area (Å²) in [6, 6.07) is 16.8. The van der Waals surface area contributed by atoms with Crippen molar-refractivity contribution in [2.45, 2.75) is 26.3 Å². The molecule has 0 fully saturated rings. The number of nitrogens with zero attached hydrogens (tertiary/aromatic N) is 1. The van der Waals surface area contributed by atoms with Crippen molar-refractivity contribution in [2.75, 3.05) is 32.8 Å². The number of ether oxygens (including phenoxy) is 2. The van der Waals surface area contributed by atoms with E-state index in [1.807, 2.05) is 49.4 Å². The van der Waals surface area contributed by atoms with Crippen LogP contribution in [0.3, 0.4) is 0 Å². The van der Waals surface area contributed by atoms with Crippen LogP contribution in [0.4, 0.5) is 4.79 Å². The van der Waals surface area contributed by atoms with E-state index in [1.165, 1.54) is 11.1 Å². The molecule has 1 atom stereocenters. The molecule has 2 N–H and O–H groups in total. The Morgan fingerprint density at radius 1 is 1.06 bits per heavy atom. The lowest BCUT2D eigenvalue weighted by Crippen LogP contribution is -2.48. The van der Waals surface area contributed by atoms with Crippen LogP contribution in [0.2, 0.25) is 0 Å². The van der Waals surface area contributed by atoms with Crippen molar-refractivity contribution in [3.63, 3.8) is 0 Å². The first-order chi connectivity index (χ1) is 16.6. The molecule has 7 nitrogen and oxygen atoms in total. The summed E-state index contributed by atoms with van der Waals surface area (Å²) in [5.41, 5.74) is 4.36. The molecule has 0 saturated heterocycles. The molecule has 2 amide bonds. The maximum absolute atomic E-state index is 13.0. The molecule has 2 aromatic rings. The van der Waals surface area contributed by atoms with Gasteiger partial charge >= 0.3 is 12.0 Å². The zero-order valence-corrected chi connectivity index (χ0v) is 19.7. The van der Waals surface area contributed by atoms with Crippen molar-refractivity contribution in [3.8, 4) is 5.75 Å². The Hall–Kier alpha value is -3.58. The van der Waals surface area contributed by atoms with Gasteiger partial charge in [-0.15, -0.1) is 0 Å². The van der Waals surface area contributed by atoms with E-state index < -0.39 is 12.0 Å². The summed E-state index contributed by atoms with van der Waals surface area (Å²) in [4.78, 5) is 27.8. The first-order valence-electron chi connectivity index (χ1n) is 11.8. The number of esters is 1. The van der Waals surface area contributed by atoms with E-state index in [1.54, 1.807) is 6.92 Å². The third-order valence-corrected chi connectivity index (χ3v) is 5.99. The number of urea groups is 1. The van der Waals surface area contributed by atoms with Gasteiger partial charge in [-0.3, -0.25) is 4.90 Å². The van der Waals surface area contributed by atoms with Crippen molar-refractivity contribution in [3.05, 3.63) is 83.1 Å². The highest BCUT2D eigenvalue weighted by Crippen LogP contribution is 2.30. The van der Waals surface area contributed by atoms with Gasteiger partial charge in [0.15, 0.2) is 0 Å². The minimum absolute atomic E-state index is 0.256. The van der Waals surface area contributed by atoms with Crippen LogP contribution >= 0.6 is 0 Å². The third-order valence-electron chi connectivity index (χ3n) is 5.99. The van der Waals surface area contributed by atoms with E-state index in [9.17, 15) is 9.59 Å². The summed E-state index contributed by atoms with van der Waals surface area (Å²) in [5, 5.41) is 5.76. The van der Waals surface area contributed by atoms with Crippen LogP contribution in [0.15, 0.2) is 71.9 Å². The van der Waals surface area contributed by atoms with Crippen molar-refractivity contribution >= 4 is 17.6 Å². The summed E-state index contributed by atoms with van der Waals surface area (Å²) < 4.78 is 10.9.